The van der Waals surface area contributed by atoms with Crippen LogP contribution < -0.4 is 5.32 Å². The lowest BCUT2D eigenvalue weighted by Gasteiger charge is -2.48. The van der Waals surface area contributed by atoms with E-state index >= 15 is 0 Å². The molecule has 2 fully saturated rings. The van der Waals surface area contributed by atoms with E-state index in [2.05, 4.69) is 34.7 Å². The Balaban J connectivity index is 1.44. The minimum Gasteiger partial charge on any atom is -0.384 e. The van der Waals surface area contributed by atoms with Gasteiger partial charge in [-0.05, 0) is 57.1 Å². The second kappa shape index (κ2) is 7.59. The van der Waals surface area contributed by atoms with Crippen LogP contribution in [0.1, 0.15) is 63.5 Å². The van der Waals surface area contributed by atoms with Gasteiger partial charge >= 0.3 is 0 Å². The van der Waals surface area contributed by atoms with Crippen LogP contribution in [-0.4, -0.2) is 28.5 Å². The van der Waals surface area contributed by atoms with Crippen LogP contribution in [0.4, 0.5) is 0 Å². The van der Waals surface area contributed by atoms with Gasteiger partial charge in [0.25, 0.3) is 0 Å². The summed E-state index contributed by atoms with van der Waals surface area (Å²) in [4.78, 5) is 0. The molecule has 1 aromatic rings. The molecule has 4 heteroatoms. The Kier molecular flexibility index (Phi) is 5.21. The molecule has 3 aliphatic rings. The molecule has 0 unspecified atom stereocenters. The van der Waals surface area contributed by atoms with Crippen molar-refractivity contribution in [2.45, 2.75) is 69.8 Å². The Morgan fingerprint density at radius 1 is 1.23 bits per heavy atom. The molecule has 0 radical (unpaired) electrons. The van der Waals surface area contributed by atoms with E-state index in [1.54, 1.807) is 0 Å². The van der Waals surface area contributed by atoms with Crippen LogP contribution in [0.15, 0.2) is 36.2 Å². The maximum Gasteiger partial charge on any atom is 0.0691 e. The van der Waals surface area contributed by atoms with Gasteiger partial charge < -0.3 is 10.1 Å². The van der Waals surface area contributed by atoms with E-state index in [1.165, 1.54) is 62.8 Å². The number of nitrogens with one attached hydrogen (secondary N) is 1. The lowest BCUT2D eigenvalue weighted by atomic mass is 9.67. The summed E-state index contributed by atoms with van der Waals surface area (Å²) in [5.41, 5.74) is 3.12. The molecular weight excluding hydrogens is 322 g/mol. The molecule has 0 bridgehead atoms. The standard InChI is InChI=1S/C22H33N3O/c1-25-16-10-19(24-25)8-2-4-11-21(20-9-3-7-15-23-20)14-17-26-22(18-21)12-5-6-13-22/h3,7,9-10,16,23H,2,4-6,8,11-15,17-18H2,1H3/t21-/m1/s1. The van der Waals surface area contributed by atoms with Gasteiger partial charge in [-0.1, -0.05) is 31.4 Å². The first kappa shape index (κ1) is 17.8. The maximum absolute atomic E-state index is 6.37. The highest BCUT2D eigenvalue weighted by Gasteiger charge is 2.48. The van der Waals surface area contributed by atoms with Gasteiger partial charge in [-0.25, -0.2) is 0 Å². The zero-order valence-corrected chi connectivity index (χ0v) is 16.2. The van der Waals surface area contributed by atoms with E-state index in [-0.39, 0.29) is 11.0 Å². The van der Waals surface area contributed by atoms with Crippen molar-refractivity contribution in [2.24, 2.45) is 12.5 Å². The minimum absolute atomic E-state index is 0.156. The van der Waals surface area contributed by atoms with Gasteiger partial charge in [0.1, 0.15) is 0 Å². The Morgan fingerprint density at radius 3 is 2.85 bits per heavy atom. The lowest BCUT2D eigenvalue weighted by molar-refractivity contribution is -0.116. The topological polar surface area (TPSA) is 39.1 Å². The predicted molar refractivity (Wildman–Crippen MR) is 105 cm³/mol. The number of aryl methyl sites for hydroxylation is 2. The van der Waals surface area contributed by atoms with Crippen molar-refractivity contribution < 1.29 is 4.74 Å². The average Bonchev–Trinajstić information content (AvgIpc) is 3.29. The van der Waals surface area contributed by atoms with E-state index in [0.717, 1.165) is 26.0 Å². The molecular formula is C22H33N3O. The van der Waals surface area contributed by atoms with Gasteiger partial charge in [0.2, 0.25) is 0 Å². The number of allylic oxidation sites excluding steroid dienone is 3. The van der Waals surface area contributed by atoms with Gasteiger partial charge in [-0.2, -0.15) is 5.10 Å². The number of aromatic nitrogens is 2. The molecule has 26 heavy (non-hydrogen) atoms. The van der Waals surface area contributed by atoms with E-state index in [1.807, 2.05) is 17.9 Å². The molecule has 3 heterocycles. The van der Waals surface area contributed by atoms with Crippen molar-refractivity contribution in [3.8, 4) is 0 Å². The quantitative estimate of drug-likeness (QED) is 0.774. The summed E-state index contributed by atoms with van der Waals surface area (Å²) in [6, 6.07) is 2.15. The molecule has 1 N–H and O–H groups in total. The summed E-state index contributed by atoms with van der Waals surface area (Å²) in [5, 5.41) is 8.22. The second-order valence-corrected chi connectivity index (χ2v) is 8.52. The van der Waals surface area contributed by atoms with Gasteiger partial charge in [-0.15, -0.1) is 0 Å². The van der Waals surface area contributed by atoms with Crippen LogP contribution in [0, 0.1) is 5.41 Å². The highest BCUT2D eigenvalue weighted by molar-refractivity contribution is 5.25. The number of dihydropyridines is 1. The monoisotopic (exact) mass is 355 g/mol. The lowest BCUT2D eigenvalue weighted by Crippen LogP contribution is -2.47. The molecule has 4 rings (SSSR count). The SMILES string of the molecule is Cn1ccc(CCCC[C@@]2(C3=CC=CCN3)CCOC3(CCCC3)C2)n1. The largest absolute Gasteiger partial charge is 0.384 e. The predicted octanol–water partition coefficient (Wildman–Crippen LogP) is 4.29. The first-order valence-electron chi connectivity index (χ1n) is 10.4. The molecule has 1 saturated heterocycles. The first-order chi connectivity index (χ1) is 12.7. The van der Waals surface area contributed by atoms with Crippen molar-refractivity contribution in [1.29, 1.82) is 0 Å². The number of hydrogen-bond acceptors (Lipinski definition) is 3. The van der Waals surface area contributed by atoms with Gasteiger partial charge in [0, 0.05) is 37.5 Å². The van der Waals surface area contributed by atoms with Crippen LogP contribution in [0.5, 0.6) is 0 Å². The first-order valence-corrected chi connectivity index (χ1v) is 10.4. The Labute approximate surface area is 157 Å². The molecule has 0 aromatic carbocycles. The van der Waals surface area contributed by atoms with E-state index in [9.17, 15) is 0 Å². The zero-order chi connectivity index (χ0) is 17.9. The highest BCUT2D eigenvalue weighted by Crippen LogP contribution is 2.52. The molecule has 2 aliphatic heterocycles. The van der Waals surface area contributed by atoms with Crippen LogP contribution in [-0.2, 0) is 18.2 Å². The molecule has 1 aromatic heterocycles. The number of hydrogen-bond donors (Lipinski definition) is 1. The summed E-state index contributed by atoms with van der Waals surface area (Å²) in [7, 11) is 2.00. The molecule has 4 nitrogen and oxygen atoms in total. The fraction of sp³-hybridized carbons (Fsp3) is 0.682. The number of ether oxygens (including phenoxy) is 1. The summed E-state index contributed by atoms with van der Waals surface area (Å²) in [6.45, 7) is 1.89. The van der Waals surface area contributed by atoms with Gasteiger partial charge in [0.05, 0.1) is 11.3 Å². The Morgan fingerprint density at radius 2 is 2.12 bits per heavy atom. The Hall–Kier alpha value is -1.55. The van der Waals surface area contributed by atoms with Crippen molar-refractivity contribution in [3.63, 3.8) is 0 Å². The summed E-state index contributed by atoms with van der Waals surface area (Å²) in [5.74, 6) is 0. The smallest absolute Gasteiger partial charge is 0.0691 e. The van der Waals surface area contributed by atoms with Crippen LogP contribution in [0.25, 0.3) is 0 Å². The third-order valence-electron chi connectivity index (χ3n) is 6.65. The van der Waals surface area contributed by atoms with Gasteiger partial charge in [-0.3, -0.25) is 4.68 Å². The van der Waals surface area contributed by atoms with Crippen molar-refractivity contribution >= 4 is 0 Å². The Bertz CT molecular complexity index is 669. The summed E-state index contributed by atoms with van der Waals surface area (Å²) in [6.07, 6.45) is 21.2. The van der Waals surface area contributed by atoms with Crippen molar-refractivity contribution in [2.75, 3.05) is 13.2 Å². The normalized spacial score (nSPS) is 27.5. The second-order valence-electron chi connectivity index (χ2n) is 8.52. The molecule has 1 atom stereocenters. The van der Waals surface area contributed by atoms with E-state index in [4.69, 9.17) is 4.74 Å². The fourth-order valence-corrected chi connectivity index (χ4v) is 5.33. The zero-order valence-electron chi connectivity index (χ0n) is 16.2. The fourth-order valence-electron chi connectivity index (χ4n) is 5.33. The van der Waals surface area contributed by atoms with Crippen molar-refractivity contribution in [1.82, 2.24) is 15.1 Å². The third kappa shape index (κ3) is 3.75. The number of rotatable bonds is 6. The van der Waals surface area contributed by atoms with Crippen LogP contribution >= 0.6 is 0 Å². The maximum atomic E-state index is 6.37. The number of nitrogens with zero attached hydrogens (tertiary/aromatic N) is 2. The summed E-state index contributed by atoms with van der Waals surface area (Å²) >= 11 is 0. The molecule has 0 amide bonds. The van der Waals surface area contributed by atoms with Crippen molar-refractivity contribution in [3.05, 3.63) is 41.9 Å². The van der Waals surface area contributed by atoms with E-state index < -0.39 is 0 Å². The summed E-state index contributed by atoms with van der Waals surface area (Å²) < 4.78 is 8.27. The number of unbranched alkanes of at least 4 members (excludes halogenated alkanes) is 1. The highest BCUT2D eigenvalue weighted by atomic mass is 16.5. The minimum atomic E-state index is 0.156. The molecule has 1 aliphatic carbocycles. The third-order valence-corrected chi connectivity index (χ3v) is 6.65. The van der Waals surface area contributed by atoms with Crippen LogP contribution in [0.3, 0.4) is 0 Å². The van der Waals surface area contributed by atoms with Crippen LogP contribution in [0.2, 0.25) is 0 Å². The molecule has 1 saturated carbocycles. The molecule has 142 valence electrons. The van der Waals surface area contributed by atoms with E-state index in [0.29, 0.717) is 0 Å². The van der Waals surface area contributed by atoms with Gasteiger partial charge in [0.15, 0.2) is 0 Å². The molecule has 1 spiro atoms. The average molecular weight is 356 g/mol.